The number of unbranched alkanes of at least 4 members (excludes halogenated alkanes) is 13. The molecule has 0 aromatic heterocycles. The van der Waals surface area contributed by atoms with Crippen LogP contribution in [0, 0.1) is 0 Å². The molecular weight excluding hydrogens is 400 g/mol. The van der Waals surface area contributed by atoms with Crippen molar-refractivity contribution in [1.29, 1.82) is 0 Å². The van der Waals surface area contributed by atoms with Crippen LogP contribution in [-0.2, 0) is 14.3 Å². The summed E-state index contributed by atoms with van der Waals surface area (Å²) in [6.45, 7) is 6.45. The molecule has 0 aliphatic carbocycles. The monoisotopic (exact) mass is 452 g/mol. The van der Waals surface area contributed by atoms with Gasteiger partial charge in [-0.1, -0.05) is 95.9 Å². The molecule has 0 aromatic rings. The van der Waals surface area contributed by atoms with E-state index in [-0.39, 0.29) is 5.97 Å². The zero-order valence-corrected chi connectivity index (χ0v) is 21.4. The number of carboxylic acids is 1. The van der Waals surface area contributed by atoms with E-state index in [1.54, 1.807) is 0 Å². The Bertz CT molecular complexity index is 412. The molecule has 0 amide bonds. The Hall–Kier alpha value is -1.58. The van der Waals surface area contributed by atoms with Gasteiger partial charge in [0.05, 0.1) is 6.61 Å². The Balaban J connectivity index is 0. The van der Waals surface area contributed by atoms with Crippen molar-refractivity contribution in [2.75, 3.05) is 6.61 Å². The van der Waals surface area contributed by atoms with Gasteiger partial charge in [0, 0.05) is 13.3 Å². The Labute approximate surface area is 198 Å². The topological polar surface area (TPSA) is 63.6 Å². The van der Waals surface area contributed by atoms with E-state index in [2.05, 4.69) is 38.2 Å². The highest BCUT2D eigenvalue weighted by Crippen LogP contribution is 2.09. The fraction of sp³-hybridized carbons (Fsp3) is 0.786. The summed E-state index contributed by atoms with van der Waals surface area (Å²) in [6.07, 6.45) is 29.7. The van der Waals surface area contributed by atoms with E-state index >= 15 is 0 Å². The second-order valence-electron chi connectivity index (χ2n) is 8.47. The van der Waals surface area contributed by atoms with Crippen molar-refractivity contribution in [3.8, 4) is 0 Å². The second kappa shape index (κ2) is 29.4. The van der Waals surface area contributed by atoms with Crippen molar-refractivity contribution in [1.82, 2.24) is 0 Å². The van der Waals surface area contributed by atoms with Gasteiger partial charge >= 0.3 is 11.9 Å². The number of carbonyl (C=O) groups is 2. The van der Waals surface area contributed by atoms with Crippen LogP contribution in [0.15, 0.2) is 24.3 Å². The molecule has 4 nitrogen and oxygen atoms in total. The van der Waals surface area contributed by atoms with Crippen LogP contribution in [0.3, 0.4) is 0 Å². The van der Waals surface area contributed by atoms with Gasteiger partial charge < -0.3 is 9.84 Å². The molecule has 0 heterocycles. The van der Waals surface area contributed by atoms with Crippen LogP contribution in [0.4, 0.5) is 0 Å². The van der Waals surface area contributed by atoms with Gasteiger partial charge in [-0.3, -0.25) is 9.59 Å². The van der Waals surface area contributed by atoms with Gasteiger partial charge in [-0.2, -0.15) is 0 Å². The number of carbonyl (C=O) groups excluding carboxylic acids is 1. The van der Waals surface area contributed by atoms with Gasteiger partial charge in [0.1, 0.15) is 0 Å². The van der Waals surface area contributed by atoms with Gasteiger partial charge in [-0.05, 0) is 51.4 Å². The van der Waals surface area contributed by atoms with Crippen LogP contribution in [0.2, 0.25) is 0 Å². The quantitative estimate of drug-likeness (QED) is 0.107. The van der Waals surface area contributed by atoms with E-state index in [1.807, 2.05) is 0 Å². The number of aliphatic carboxylic acids is 1. The van der Waals surface area contributed by atoms with E-state index in [0.717, 1.165) is 19.3 Å². The highest BCUT2D eigenvalue weighted by Gasteiger charge is 1.96. The van der Waals surface area contributed by atoms with E-state index in [9.17, 15) is 9.59 Å². The van der Waals surface area contributed by atoms with Crippen molar-refractivity contribution in [2.24, 2.45) is 0 Å². The highest BCUT2D eigenvalue weighted by atomic mass is 16.5. The summed E-state index contributed by atoms with van der Waals surface area (Å²) in [5.74, 6) is -0.831. The number of rotatable bonds is 21. The number of allylic oxidation sites excluding steroid dienone is 4. The zero-order chi connectivity index (χ0) is 24.1. The summed E-state index contributed by atoms with van der Waals surface area (Å²) in [7, 11) is 0. The summed E-state index contributed by atoms with van der Waals surface area (Å²) < 4.78 is 4.86. The zero-order valence-electron chi connectivity index (χ0n) is 21.4. The minimum Gasteiger partial charge on any atom is -0.481 e. The van der Waals surface area contributed by atoms with Crippen molar-refractivity contribution >= 4 is 11.9 Å². The summed E-state index contributed by atoms with van der Waals surface area (Å²) in [5, 5.41) is 8.45. The van der Waals surface area contributed by atoms with E-state index in [1.165, 1.54) is 96.8 Å². The SMILES string of the molecule is CCC/C=C/CCCCCCCCC(=O)O.CCCC=CCCCCCCCOC(C)=O. The molecule has 0 saturated heterocycles. The summed E-state index contributed by atoms with van der Waals surface area (Å²) in [4.78, 5) is 20.7. The van der Waals surface area contributed by atoms with Crippen LogP contribution in [0.25, 0.3) is 0 Å². The van der Waals surface area contributed by atoms with Gasteiger partial charge in [-0.25, -0.2) is 0 Å². The first kappa shape index (κ1) is 32.6. The molecular formula is C28H52O4. The van der Waals surface area contributed by atoms with E-state index in [0.29, 0.717) is 13.0 Å². The van der Waals surface area contributed by atoms with Gasteiger partial charge in [0.15, 0.2) is 0 Å². The Morgan fingerprint density at radius 1 is 0.625 bits per heavy atom. The lowest BCUT2D eigenvalue weighted by molar-refractivity contribution is -0.141. The van der Waals surface area contributed by atoms with Crippen LogP contribution < -0.4 is 0 Å². The normalized spacial score (nSPS) is 11.0. The van der Waals surface area contributed by atoms with Gasteiger partial charge in [0.25, 0.3) is 0 Å². The largest absolute Gasteiger partial charge is 0.481 e. The molecule has 0 aromatic carbocycles. The third-order valence-corrected chi connectivity index (χ3v) is 5.08. The lowest BCUT2D eigenvalue weighted by atomic mass is 10.1. The molecule has 0 atom stereocenters. The Morgan fingerprint density at radius 2 is 1.03 bits per heavy atom. The highest BCUT2D eigenvalue weighted by molar-refractivity contribution is 5.66. The van der Waals surface area contributed by atoms with Crippen LogP contribution in [-0.4, -0.2) is 23.7 Å². The fourth-order valence-electron chi connectivity index (χ4n) is 3.16. The fourth-order valence-corrected chi connectivity index (χ4v) is 3.16. The smallest absolute Gasteiger partial charge is 0.303 e. The second-order valence-corrected chi connectivity index (χ2v) is 8.47. The van der Waals surface area contributed by atoms with Gasteiger partial charge in [-0.15, -0.1) is 0 Å². The van der Waals surface area contributed by atoms with Crippen LogP contribution >= 0.6 is 0 Å². The first-order valence-electron chi connectivity index (χ1n) is 13.2. The minimum absolute atomic E-state index is 0.166. The number of hydrogen-bond donors (Lipinski definition) is 1. The maximum Gasteiger partial charge on any atom is 0.303 e. The Morgan fingerprint density at radius 3 is 1.47 bits per heavy atom. The maximum absolute atomic E-state index is 10.5. The number of carboxylic acid groups (broad SMARTS) is 1. The summed E-state index contributed by atoms with van der Waals surface area (Å²) in [6, 6.07) is 0. The molecule has 0 radical (unpaired) electrons. The van der Waals surface area contributed by atoms with Crippen molar-refractivity contribution in [3.05, 3.63) is 24.3 Å². The van der Waals surface area contributed by atoms with Gasteiger partial charge in [0.2, 0.25) is 0 Å². The Kier molecular flexibility index (Phi) is 30.0. The molecule has 1 N–H and O–H groups in total. The average molecular weight is 453 g/mol. The van der Waals surface area contributed by atoms with E-state index < -0.39 is 5.97 Å². The van der Waals surface area contributed by atoms with Crippen molar-refractivity contribution in [3.63, 3.8) is 0 Å². The maximum atomic E-state index is 10.5. The molecule has 0 rings (SSSR count). The first-order valence-corrected chi connectivity index (χ1v) is 13.2. The summed E-state index contributed by atoms with van der Waals surface area (Å²) >= 11 is 0. The number of ether oxygens (including phenoxy) is 1. The molecule has 0 aliphatic heterocycles. The van der Waals surface area contributed by atoms with Crippen LogP contribution in [0.5, 0.6) is 0 Å². The van der Waals surface area contributed by atoms with Crippen LogP contribution in [0.1, 0.15) is 136 Å². The van der Waals surface area contributed by atoms with Crippen molar-refractivity contribution in [2.45, 2.75) is 136 Å². The number of hydrogen-bond acceptors (Lipinski definition) is 3. The molecule has 0 bridgehead atoms. The molecule has 32 heavy (non-hydrogen) atoms. The molecule has 4 heteroatoms. The molecule has 0 unspecified atom stereocenters. The van der Waals surface area contributed by atoms with E-state index in [4.69, 9.17) is 9.84 Å². The molecule has 0 spiro atoms. The molecule has 0 fully saturated rings. The summed E-state index contributed by atoms with van der Waals surface area (Å²) in [5.41, 5.74) is 0. The average Bonchev–Trinajstić information content (AvgIpc) is 2.76. The molecule has 0 aliphatic rings. The minimum atomic E-state index is -0.666. The third kappa shape index (κ3) is 35.8. The predicted octanol–water partition coefficient (Wildman–Crippen LogP) is 8.79. The third-order valence-electron chi connectivity index (χ3n) is 5.08. The molecule has 0 saturated carbocycles. The molecule has 188 valence electrons. The first-order chi connectivity index (χ1) is 15.5. The lowest BCUT2D eigenvalue weighted by Gasteiger charge is -2.01. The standard InChI is InChI=1S/2C14H26O2/c1-3-4-5-6-7-8-9-10-11-12-13-16-14(2)15;1-2-3-4-5-6-7-8-9-10-11-12-13-14(15)16/h5-6H,3-4,7-13H2,1-2H3;4-5H,2-3,6-13H2,1H3,(H,15,16)/b;5-4+. The number of esters is 1. The lowest BCUT2D eigenvalue weighted by Crippen LogP contribution is -1.99. The van der Waals surface area contributed by atoms with Crippen molar-refractivity contribution < 1.29 is 19.4 Å². The predicted molar refractivity (Wildman–Crippen MR) is 137 cm³/mol.